The van der Waals surface area contributed by atoms with E-state index >= 15 is 0 Å². The molecule has 3 atom stereocenters. The number of hydrogen-bond donors (Lipinski definition) is 1. The van der Waals surface area contributed by atoms with E-state index in [0.29, 0.717) is 6.61 Å². The molecule has 3 heteroatoms. The number of hydrogen-bond acceptors (Lipinski definition) is 3. The molecule has 0 aromatic heterocycles. The molecule has 1 N–H and O–H groups in total. The maximum atomic E-state index is 13.3. The Labute approximate surface area is 162 Å². The Morgan fingerprint density at radius 2 is 1.59 bits per heavy atom. The van der Waals surface area contributed by atoms with Crippen molar-refractivity contribution in [3.05, 3.63) is 71.8 Å². The van der Waals surface area contributed by atoms with Gasteiger partial charge < -0.3 is 9.84 Å². The third kappa shape index (κ3) is 5.27. The third-order valence-electron chi connectivity index (χ3n) is 5.69. The lowest BCUT2D eigenvalue weighted by Gasteiger charge is -2.32. The summed E-state index contributed by atoms with van der Waals surface area (Å²) < 4.78 is 6.18. The summed E-state index contributed by atoms with van der Waals surface area (Å²) in [5, 5.41) is 10.7. The predicted octanol–water partition coefficient (Wildman–Crippen LogP) is 5.09. The molecule has 2 aromatic rings. The fourth-order valence-electron chi connectivity index (χ4n) is 4.00. The zero-order chi connectivity index (χ0) is 19.1. The van der Waals surface area contributed by atoms with E-state index in [2.05, 4.69) is 0 Å². The van der Waals surface area contributed by atoms with Gasteiger partial charge >= 0.3 is 0 Å². The van der Waals surface area contributed by atoms with Crippen LogP contribution in [-0.2, 0) is 16.1 Å². The van der Waals surface area contributed by atoms with Crippen molar-refractivity contribution in [3.63, 3.8) is 0 Å². The van der Waals surface area contributed by atoms with E-state index in [-0.39, 0.29) is 11.7 Å². The van der Waals surface area contributed by atoms with Crippen molar-refractivity contribution in [2.75, 3.05) is 0 Å². The highest BCUT2D eigenvalue weighted by atomic mass is 16.5. The van der Waals surface area contributed by atoms with Gasteiger partial charge in [-0.2, -0.15) is 0 Å². The van der Waals surface area contributed by atoms with Crippen molar-refractivity contribution < 1.29 is 14.6 Å². The third-order valence-corrected chi connectivity index (χ3v) is 5.69. The quantitative estimate of drug-likeness (QED) is 0.708. The van der Waals surface area contributed by atoms with Gasteiger partial charge in [-0.25, -0.2) is 0 Å². The smallest absolute Gasteiger partial charge is 0.167 e. The van der Waals surface area contributed by atoms with Crippen molar-refractivity contribution in [2.24, 2.45) is 11.8 Å². The maximum Gasteiger partial charge on any atom is 0.167 e. The molecule has 1 fully saturated rings. The molecule has 0 bridgehead atoms. The molecule has 3 rings (SSSR count). The molecule has 2 aromatic carbocycles. The first-order valence-electron chi connectivity index (χ1n) is 10.1. The minimum Gasteiger partial charge on any atom is -0.388 e. The Bertz CT molecular complexity index is 692. The van der Waals surface area contributed by atoms with Crippen LogP contribution in [0.3, 0.4) is 0 Å². The number of Topliss-reactive ketones (excluding diaryl/α,β-unsaturated/α-hetero) is 1. The lowest BCUT2D eigenvalue weighted by Crippen LogP contribution is -2.39. The van der Waals surface area contributed by atoms with Gasteiger partial charge in [0.15, 0.2) is 5.78 Å². The maximum absolute atomic E-state index is 13.3. The molecule has 144 valence electrons. The molecule has 3 nitrogen and oxygen atoms in total. The molecule has 0 saturated heterocycles. The van der Waals surface area contributed by atoms with Gasteiger partial charge in [0.1, 0.15) is 6.10 Å². The zero-order valence-corrected chi connectivity index (χ0v) is 16.1. The molecule has 1 aliphatic rings. The van der Waals surface area contributed by atoms with E-state index in [9.17, 15) is 9.90 Å². The van der Waals surface area contributed by atoms with Gasteiger partial charge in [0.25, 0.3) is 0 Å². The number of carbonyl (C=O) groups is 1. The second-order valence-electron chi connectivity index (χ2n) is 7.66. The summed E-state index contributed by atoms with van der Waals surface area (Å²) in [4.78, 5) is 13.3. The van der Waals surface area contributed by atoms with Crippen LogP contribution in [0.15, 0.2) is 60.7 Å². The molecule has 0 heterocycles. The fraction of sp³-hybridized carbons (Fsp3) is 0.458. The second kappa shape index (κ2) is 9.82. The summed E-state index contributed by atoms with van der Waals surface area (Å²) in [6, 6.07) is 19.4. The lowest BCUT2D eigenvalue weighted by atomic mass is 9.80. The number of aliphatic hydroxyl groups is 1. The van der Waals surface area contributed by atoms with Gasteiger partial charge in [-0.05, 0) is 29.9 Å². The molecular weight excluding hydrogens is 336 g/mol. The van der Waals surface area contributed by atoms with Gasteiger partial charge in [-0.15, -0.1) is 0 Å². The van der Waals surface area contributed by atoms with Gasteiger partial charge in [-0.1, -0.05) is 86.8 Å². The van der Waals surface area contributed by atoms with Gasteiger partial charge in [0.05, 0.1) is 12.7 Å². The number of ether oxygens (including phenoxy) is 1. The van der Waals surface area contributed by atoms with Crippen LogP contribution in [0, 0.1) is 11.8 Å². The van der Waals surface area contributed by atoms with Crippen molar-refractivity contribution in [3.8, 4) is 0 Å². The minimum absolute atomic E-state index is 0.0224. The SMILES string of the molecule is C[C@H](C(=O)[C@@H](OCc1ccccc1)C1CCCCC1)[C@H](O)c1ccccc1. The van der Waals surface area contributed by atoms with Crippen LogP contribution in [0.1, 0.15) is 56.3 Å². The standard InChI is InChI=1S/C24H30O3/c1-18(22(25)20-13-7-3-8-14-20)23(26)24(21-15-9-4-10-16-21)27-17-19-11-5-2-6-12-19/h2-3,5-8,11-14,18,21-22,24-25H,4,9-10,15-17H2,1H3/t18-,22-,24-/m0/s1. The van der Waals surface area contributed by atoms with Crippen LogP contribution < -0.4 is 0 Å². The normalized spacial score (nSPS) is 18.6. The highest BCUT2D eigenvalue weighted by Gasteiger charge is 2.35. The number of carbonyl (C=O) groups excluding carboxylic acids is 1. The number of aliphatic hydroxyl groups excluding tert-OH is 1. The molecule has 0 aliphatic heterocycles. The number of benzene rings is 2. The Morgan fingerprint density at radius 3 is 2.22 bits per heavy atom. The molecule has 0 unspecified atom stereocenters. The van der Waals surface area contributed by atoms with E-state index < -0.39 is 18.1 Å². The zero-order valence-electron chi connectivity index (χ0n) is 16.1. The van der Waals surface area contributed by atoms with Gasteiger partial charge in [-0.3, -0.25) is 4.79 Å². The average Bonchev–Trinajstić information content (AvgIpc) is 2.75. The first-order valence-corrected chi connectivity index (χ1v) is 10.1. The molecule has 27 heavy (non-hydrogen) atoms. The Kier molecular flexibility index (Phi) is 7.19. The largest absolute Gasteiger partial charge is 0.388 e. The Morgan fingerprint density at radius 1 is 1.00 bits per heavy atom. The number of ketones is 1. The van der Waals surface area contributed by atoms with E-state index in [1.165, 1.54) is 6.42 Å². The van der Waals surface area contributed by atoms with Crippen LogP contribution in [0.5, 0.6) is 0 Å². The monoisotopic (exact) mass is 366 g/mol. The summed E-state index contributed by atoms with van der Waals surface area (Å²) in [6.07, 6.45) is 4.35. The first-order chi connectivity index (χ1) is 13.2. The Hall–Kier alpha value is -1.97. The van der Waals surface area contributed by atoms with Gasteiger partial charge in [0, 0.05) is 5.92 Å². The van der Waals surface area contributed by atoms with Crippen LogP contribution in [-0.4, -0.2) is 17.0 Å². The van der Waals surface area contributed by atoms with Crippen molar-refractivity contribution in [1.82, 2.24) is 0 Å². The summed E-state index contributed by atoms with van der Waals surface area (Å²) in [5.74, 6) is -0.218. The fourth-order valence-corrected chi connectivity index (χ4v) is 4.00. The molecule has 0 radical (unpaired) electrons. The van der Waals surface area contributed by atoms with E-state index in [1.807, 2.05) is 67.6 Å². The van der Waals surface area contributed by atoms with Crippen LogP contribution in [0.4, 0.5) is 0 Å². The van der Waals surface area contributed by atoms with Gasteiger partial charge in [0.2, 0.25) is 0 Å². The summed E-state index contributed by atoms with van der Waals surface area (Å²) in [5.41, 5.74) is 1.85. The Balaban J connectivity index is 1.72. The second-order valence-corrected chi connectivity index (χ2v) is 7.66. The van der Waals surface area contributed by atoms with E-state index in [1.54, 1.807) is 0 Å². The first kappa shape index (κ1) is 19.8. The van der Waals surface area contributed by atoms with Crippen LogP contribution in [0.25, 0.3) is 0 Å². The average molecular weight is 367 g/mol. The van der Waals surface area contributed by atoms with E-state index in [0.717, 1.165) is 36.8 Å². The lowest BCUT2D eigenvalue weighted by molar-refractivity contribution is -0.143. The highest BCUT2D eigenvalue weighted by Crippen LogP contribution is 2.32. The van der Waals surface area contributed by atoms with E-state index in [4.69, 9.17) is 4.74 Å². The molecular formula is C24H30O3. The highest BCUT2D eigenvalue weighted by molar-refractivity contribution is 5.86. The van der Waals surface area contributed by atoms with Crippen LogP contribution >= 0.6 is 0 Å². The molecule has 1 aliphatic carbocycles. The number of rotatable bonds is 8. The van der Waals surface area contributed by atoms with Crippen molar-refractivity contribution >= 4 is 5.78 Å². The van der Waals surface area contributed by atoms with Crippen LogP contribution in [0.2, 0.25) is 0 Å². The van der Waals surface area contributed by atoms with Crippen molar-refractivity contribution in [1.29, 1.82) is 0 Å². The summed E-state index contributed by atoms with van der Waals surface area (Å²) in [6.45, 7) is 2.25. The van der Waals surface area contributed by atoms with Crippen molar-refractivity contribution in [2.45, 2.75) is 57.8 Å². The molecule has 0 spiro atoms. The predicted molar refractivity (Wildman–Crippen MR) is 107 cm³/mol. The molecule has 0 amide bonds. The minimum atomic E-state index is -0.801. The molecule has 1 saturated carbocycles. The summed E-state index contributed by atoms with van der Waals surface area (Å²) >= 11 is 0. The summed E-state index contributed by atoms with van der Waals surface area (Å²) in [7, 11) is 0. The topological polar surface area (TPSA) is 46.5 Å².